The van der Waals surface area contributed by atoms with Gasteiger partial charge in [-0.25, -0.2) is 13.1 Å². The van der Waals surface area contributed by atoms with E-state index in [9.17, 15) is 8.42 Å². The van der Waals surface area contributed by atoms with Gasteiger partial charge in [-0.2, -0.15) is 0 Å². The Balaban J connectivity index is 2.43. The average Bonchev–Trinajstić information content (AvgIpc) is 2.36. The Bertz CT molecular complexity index is 530. The summed E-state index contributed by atoms with van der Waals surface area (Å²) < 4.78 is 31.8. The number of anilines is 1. The lowest BCUT2D eigenvalue weighted by atomic mass is 10.2. The second-order valence-corrected chi connectivity index (χ2v) is 6.60. The molecule has 0 unspecified atom stereocenters. The molecule has 0 bridgehead atoms. The monoisotopic (exact) mass is 301 g/mol. The van der Waals surface area contributed by atoms with Crippen molar-refractivity contribution in [2.75, 3.05) is 46.1 Å². The molecule has 3 N–H and O–H groups in total. The zero-order chi connectivity index (χ0) is 15.2. The highest BCUT2D eigenvalue weighted by atomic mass is 32.2. The summed E-state index contributed by atoms with van der Waals surface area (Å²) in [6.45, 7) is 3.79. The van der Waals surface area contributed by atoms with Crippen molar-refractivity contribution in [2.24, 2.45) is 0 Å². The summed E-state index contributed by atoms with van der Waals surface area (Å²) in [5, 5.41) is 0. The van der Waals surface area contributed by atoms with Crippen molar-refractivity contribution in [3.8, 4) is 0 Å². The van der Waals surface area contributed by atoms with Gasteiger partial charge in [-0.3, -0.25) is 0 Å². The van der Waals surface area contributed by atoms with E-state index < -0.39 is 10.0 Å². The first-order chi connectivity index (χ1) is 9.33. The van der Waals surface area contributed by atoms with E-state index in [0.717, 1.165) is 12.1 Å². The molecule has 0 atom stereocenters. The minimum absolute atomic E-state index is 0.175. The van der Waals surface area contributed by atoms with Crippen LogP contribution in [0.2, 0.25) is 0 Å². The summed E-state index contributed by atoms with van der Waals surface area (Å²) >= 11 is 0. The smallest absolute Gasteiger partial charge is 0.240 e. The van der Waals surface area contributed by atoms with Crippen LogP contribution in [0, 0.1) is 6.92 Å². The number of hydrogen-bond acceptors (Lipinski definition) is 5. The molecule has 0 aliphatic rings. The molecule has 0 fully saturated rings. The van der Waals surface area contributed by atoms with E-state index in [1.807, 2.05) is 25.9 Å². The summed E-state index contributed by atoms with van der Waals surface area (Å²) in [5.41, 5.74) is 7.04. The van der Waals surface area contributed by atoms with E-state index in [2.05, 4.69) is 4.72 Å². The van der Waals surface area contributed by atoms with E-state index in [-0.39, 0.29) is 11.4 Å². The average molecular weight is 301 g/mol. The van der Waals surface area contributed by atoms with E-state index in [0.29, 0.717) is 18.9 Å². The summed E-state index contributed by atoms with van der Waals surface area (Å²) in [5.74, 6) is 0. The number of nitrogens with one attached hydrogen (secondary N) is 1. The third kappa shape index (κ3) is 5.46. The number of nitrogens with two attached hydrogens (primary N) is 1. The predicted molar refractivity (Wildman–Crippen MR) is 80.2 cm³/mol. The van der Waals surface area contributed by atoms with Crippen LogP contribution in [0.15, 0.2) is 23.1 Å². The van der Waals surface area contributed by atoms with Gasteiger partial charge in [0.05, 0.1) is 18.1 Å². The van der Waals surface area contributed by atoms with Crippen LogP contribution in [0.5, 0.6) is 0 Å². The number of benzene rings is 1. The van der Waals surface area contributed by atoms with Crippen LogP contribution < -0.4 is 10.5 Å². The van der Waals surface area contributed by atoms with Crippen LogP contribution in [-0.4, -0.2) is 53.7 Å². The highest BCUT2D eigenvalue weighted by Gasteiger charge is 2.13. The number of nitrogen functional groups attached to an aromatic ring is 1. The van der Waals surface area contributed by atoms with Crippen molar-refractivity contribution in [2.45, 2.75) is 11.8 Å². The topological polar surface area (TPSA) is 84.7 Å². The van der Waals surface area contributed by atoms with Gasteiger partial charge in [0.2, 0.25) is 10.0 Å². The van der Waals surface area contributed by atoms with E-state index in [1.165, 1.54) is 6.07 Å². The molecule has 0 radical (unpaired) electrons. The van der Waals surface area contributed by atoms with E-state index in [4.69, 9.17) is 10.5 Å². The quantitative estimate of drug-likeness (QED) is 0.537. The standard InChI is InChI=1S/C13H23N3O3S/c1-11-4-5-12(10-13(11)14)20(17,18)15-6-8-19-9-7-16(2)3/h4-5,10,15H,6-9,14H2,1-3H3. The fraction of sp³-hybridized carbons (Fsp3) is 0.538. The Morgan fingerprint density at radius 3 is 2.60 bits per heavy atom. The van der Waals surface area contributed by atoms with Crippen molar-refractivity contribution >= 4 is 15.7 Å². The van der Waals surface area contributed by atoms with Gasteiger partial charge in [-0.15, -0.1) is 0 Å². The summed E-state index contributed by atoms with van der Waals surface area (Å²) in [6.07, 6.45) is 0. The molecule has 1 rings (SSSR count). The minimum Gasteiger partial charge on any atom is -0.398 e. The van der Waals surface area contributed by atoms with Crippen molar-refractivity contribution in [3.63, 3.8) is 0 Å². The molecule has 0 saturated carbocycles. The fourth-order valence-corrected chi connectivity index (χ4v) is 2.51. The van der Waals surface area contributed by atoms with Gasteiger partial charge in [0, 0.05) is 18.8 Å². The molecule has 6 nitrogen and oxygen atoms in total. The number of ether oxygens (including phenoxy) is 1. The highest BCUT2D eigenvalue weighted by Crippen LogP contribution is 2.16. The normalized spacial score (nSPS) is 12.0. The fourth-order valence-electron chi connectivity index (χ4n) is 1.47. The number of sulfonamides is 1. The molecule has 0 aromatic heterocycles. The lowest BCUT2D eigenvalue weighted by molar-refractivity contribution is 0.122. The highest BCUT2D eigenvalue weighted by molar-refractivity contribution is 7.89. The Kier molecular flexibility index (Phi) is 6.41. The van der Waals surface area contributed by atoms with E-state index in [1.54, 1.807) is 12.1 Å². The zero-order valence-electron chi connectivity index (χ0n) is 12.2. The second-order valence-electron chi connectivity index (χ2n) is 4.83. The van der Waals surface area contributed by atoms with Crippen LogP contribution in [0.3, 0.4) is 0 Å². The van der Waals surface area contributed by atoms with Crippen LogP contribution in [0.4, 0.5) is 5.69 Å². The van der Waals surface area contributed by atoms with Gasteiger partial charge in [0.1, 0.15) is 0 Å². The Hall–Kier alpha value is -1.15. The van der Waals surface area contributed by atoms with Crippen LogP contribution >= 0.6 is 0 Å². The molecule has 20 heavy (non-hydrogen) atoms. The SMILES string of the molecule is Cc1ccc(S(=O)(=O)NCCOCCN(C)C)cc1N. The lowest BCUT2D eigenvalue weighted by Gasteiger charge is -2.11. The largest absolute Gasteiger partial charge is 0.398 e. The first-order valence-electron chi connectivity index (χ1n) is 6.41. The molecule has 1 aromatic rings. The maximum absolute atomic E-state index is 12.0. The molecule has 0 amide bonds. The van der Waals surface area contributed by atoms with Gasteiger partial charge in [-0.05, 0) is 38.7 Å². The van der Waals surface area contributed by atoms with Gasteiger partial charge in [0.15, 0.2) is 0 Å². The third-order valence-corrected chi connectivity index (χ3v) is 4.24. The predicted octanol–water partition coefficient (Wildman–Crippen LogP) is 0.434. The van der Waals surface area contributed by atoms with E-state index >= 15 is 0 Å². The molecule has 0 aliphatic carbocycles. The van der Waals surface area contributed by atoms with Gasteiger partial charge < -0.3 is 15.4 Å². The van der Waals surface area contributed by atoms with Crippen molar-refractivity contribution in [1.82, 2.24) is 9.62 Å². The molecule has 0 saturated heterocycles. The number of nitrogens with zero attached hydrogens (tertiary/aromatic N) is 1. The van der Waals surface area contributed by atoms with Gasteiger partial charge in [-0.1, -0.05) is 6.07 Å². The van der Waals surface area contributed by atoms with Gasteiger partial charge >= 0.3 is 0 Å². The summed E-state index contributed by atoms with van der Waals surface area (Å²) in [4.78, 5) is 2.17. The lowest BCUT2D eigenvalue weighted by Crippen LogP contribution is -2.28. The minimum atomic E-state index is -3.52. The molecular weight excluding hydrogens is 278 g/mol. The molecule has 0 aliphatic heterocycles. The summed E-state index contributed by atoms with van der Waals surface area (Å²) in [6, 6.07) is 4.70. The Labute approximate surface area is 121 Å². The zero-order valence-corrected chi connectivity index (χ0v) is 13.0. The first kappa shape index (κ1) is 16.9. The molecular formula is C13H23N3O3S. The van der Waals surface area contributed by atoms with Crippen LogP contribution in [0.1, 0.15) is 5.56 Å². The first-order valence-corrected chi connectivity index (χ1v) is 7.89. The van der Waals surface area contributed by atoms with Crippen molar-refractivity contribution in [3.05, 3.63) is 23.8 Å². The van der Waals surface area contributed by atoms with Crippen LogP contribution in [-0.2, 0) is 14.8 Å². The number of likely N-dealkylation sites (N-methyl/N-ethyl adjacent to an activating group) is 1. The summed E-state index contributed by atoms with van der Waals surface area (Å²) in [7, 11) is 0.381. The molecule has 114 valence electrons. The molecule has 1 aromatic carbocycles. The van der Waals surface area contributed by atoms with Gasteiger partial charge in [0.25, 0.3) is 0 Å². The number of aryl methyl sites for hydroxylation is 1. The third-order valence-electron chi connectivity index (χ3n) is 2.78. The maximum Gasteiger partial charge on any atom is 0.240 e. The molecule has 7 heteroatoms. The van der Waals surface area contributed by atoms with Crippen molar-refractivity contribution in [1.29, 1.82) is 0 Å². The number of hydrogen-bond donors (Lipinski definition) is 2. The second kappa shape index (κ2) is 7.58. The molecule has 0 heterocycles. The Morgan fingerprint density at radius 2 is 2.00 bits per heavy atom. The number of rotatable bonds is 8. The van der Waals surface area contributed by atoms with Crippen molar-refractivity contribution < 1.29 is 13.2 Å². The Morgan fingerprint density at radius 1 is 1.30 bits per heavy atom. The molecule has 0 spiro atoms. The van der Waals surface area contributed by atoms with Crippen LogP contribution in [0.25, 0.3) is 0 Å². The maximum atomic E-state index is 12.0.